The Morgan fingerprint density at radius 1 is 1.29 bits per heavy atom. The fourth-order valence-electron chi connectivity index (χ4n) is 2.88. The van der Waals surface area contributed by atoms with Gasteiger partial charge >= 0.3 is 0 Å². The van der Waals surface area contributed by atoms with E-state index in [9.17, 15) is 0 Å². The molecule has 4 heteroatoms. The number of hydrogen-bond donors (Lipinski definition) is 0. The van der Waals surface area contributed by atoms with E-state index in [0.29, 0.717) is 5.92 Å². The van der Waals surface area contributed by atoms with Crippen LogP contribution in [0.2, 0.25) is 0 Å². The number of nitrogens with zero attached hydrogens (tertiary/aromatic N) is 3. The summed E-state index contributed by atoms with van der Waals surface area (Å²) in [5.41, 5.74) is 2.65. The van der Waals surface area contributed by atoms with Crippen molar-refractivity contribution in [2.45, 2.75) is 19.5 Å². The lowest BCUT2D eigenvalue weighted by atomic mass is 10.1. The minimum Gasteiger partial charge on any atom is -0.381 e. The van der Waals surface area contributed by atoms with Crippen LogP contribution in [-0.4, -0.2) is 41.5 Å². The number of benzene rings is 1. The van der Waals surface area contributed by atoms with Crippen LogP contribution in [0.1, 0.15) is 17.5 Å². The zero-order valence-electron chi connectivity index (χ0n) is 12.6. The Morgan fingerprint density at radius 3 is 2.76 bits per heavy atom. The molecule has 0 N–H and O–H groups in total. The molecule has 1 atom stereocenters. The summed E-state index contributed by atoms with van der Waals surface area (Å²) in [6.07, 6.45) is 5.01. The van der Waals surface area contributed by atoms with E-state index in [1.807, 2.05) is 23.1 Å². The van der Waals surface area contributed by atoms with Crippen molar-refractivity contribution in [3.05, 3.63) is 53.9 Å². The van der Waals surface area contributed by atoms with Gasteiger partial charge in [-0.1, -0.05) is 24.3 Å². The van der Waals surface area contributed by atoms with Gasteiger partial charge in [0.2, 0.25) is 0 Å². The SMILES string of the molecule is CN(Cc1ccc(Cn2cccn2)cc1)CC1CCOC1. The molecule has 0 bridgehead atoms. The maximum Gasteiger partial charge on any atom is 0.0659 e. The average molecular weight is 285 g/mol. The molecule has 1 aromatic carbocycles. The average Bonchev–Trinajstić information content (AvgIpc) is 3.14. The molecule has 21 heavy (non-hydrogen) atoms. The molecule has 2 aromatic rings. The highest BCUT2D eigenvalue weighted by molar-refractivity contribution is 5.22. The van der Waals surface area contributed by atoms with Crippen LogP contribution in [0.3, 0.4) is 0 Å². The predicted molar refractivity (Wildman–Crippen MR) is 83.0 cm³/mol. The third-order valence-corrected chi connectivity index (χ3v) is 3.97. The molecule has 1 saturated heterocycles. The van der Waals surface area contributed by atoms with Crippen LogP contribution in [-0.2, 0) is 17.8 Å². The molecular formula is C17H23N3O. The summed E-state index contributed by atoms with van der Waals surface area (Å²) in [6.45, 7) is 4.81. The highest BCUT2D eigenvalue weighted by atomic mass is 16.5. The first-order chi connectivity index (χ1) is 10.3. The first-order valence-corrected chi connectivity index (χ1v) is 7.61. The van der Waals surface area contributed by atoms with Gasteiger partial charge in [0.25, 0.3) is 0 Å². The Kier molecular flexibility index (Phi) is 4.68. The van der Waals surface area contributed by atoms with Crippen molar-refractivity contribution in [2.75, 3.05) is 26.8 Å². The van der Waals surface area contributed by atoms with Gasteiger partial charge in [-0.3, -0.25) is 4.68 Å². The summed E-state index contributed by atoms with van der Waals surface area (Å²) < 4.78 is 7.38. The zero-order valence-corrected chi connectivity index (χ0v) is 12.6. The highest BCUT2D eigenvalue weighted by Crippen LogP contribution is 2.15. The Labute approximate surface area is 126 Å². The van der Waals surface area contributed by atoms with E-state index in [1.165, 1.54) is 17.5 Å². The van der Waals surface area contributed by atoms with Crippen LogP contribution in [0.25, 0.3) is 0 Å². The van der Waals surface area contributed by atoms with E-state index < -0.39 is 0 Å². The molecule has 0 saturated carbocycles. The molecule has 0 amide bonds. The molecule has 0 radical (unpaired) electrons. The van der Waals surface area contributed by atoms with Gasteiger partial charge < -0.3 is 9.64 Å². The summed E-state index contributed by atoms with van der Waals surface area (Å²) in [5.74, 6) is 0.703. The monoisotopic (exact) mass is 285 g/mol. The molecule has 1 unspecified atom stereocenters. The molecule has 2 heterocycles. The van der Waals surface area contributed by atoms with E-state index in [-0.39, 0.29) is 0 Å². The first kappa shape index (κ1) is 14.3. The summed E-state index contributed by atoms with van der Waals surface area (Å²) in [4.78, 5) is 2.39. The van der Waals surface area contributed by atoms with E-state index in [1.54, 1.807) is 0 Å². The molecular weight excluding hydrogens is 262 g/mol. The van der Waals surface area contributed by atoms with Crippen molar-refractivity contribution >= 4 is 0 Å². The topological polar surface area (TPSA) is 30.3 Å². The highest BCUT2D eigenvalue weighted by Gasteiger charge is 2.17. The van der Waals surface area contributed by atoms with E-state index in [2.05, 4.69) is 41.3 Å². The van der Waals surface area contributed by atoms with Crippen LogP contribution in [0.15, 0.2) is 42.7 Å². The van der Waals surface area contributed by atoms with Crippen molar-refractivity contribution in [1.82, 2.24) is 14.7 Å². The quantitative estimate of drug-likeness (QED) is 0.816. The Bertz CT molecular complexity index is 530. The molecule has 1 fully saturated rings. The molecule has 1 aliphatic rings. The molecule has 3 rings (SSSR count). The summed E-state index contributed by atoms with van der Waals surface area (Å²) in [6, 6.07) is 10.8. The Hall–Kier alpha value is -1.65. The van der Waals surface area contributed by atoms with Crippen LogP contribution in [0.4, 0.5) is 0 Å². The predicted octanol–water partition coefficient (Wildman–Crippen LogP) is 2.40. The molecule has 4 nitrogen and oxygen atoms in total. The minimum atomic E-state index is 0.703. The lowest BCUT2D eigenvalue weighted by Crippen LogP contribution is -2.25. The molecule has 112 valence electrons. The number of rotatable bonds is 6. The molecule has 0 aliphatic carbocycles. The maximum absolute atomic E-state index is 5.44. The number of ether oxygens (including phenoxy) is 1. The van der Waals surface area contributed by atoms with E-state index in [4.69, 9.17) is 4.74 Å². The zero-order chi connectivity index (χ0) is 14.5. The Morgan fingerprint density at radius 2 is 2.10 bits per heavy atom. The van der Waals surface area contributed by atoms with Crippen molar-refractivity contribution in [3.63, 3.8) is 0 Å². The van der Waals surface area contributed by atoms with E-state index in [0.717, 1.165) is 32.8 Å². The van der Waals surface area contributed by atoms with Crippen LogP contribution < -0.4 is 0 Å². The second-order valence-corrected chi connectivity index (χ2v) is 5.95. The van der Waals surface area contributed by atoms with Gasteiger partial charge in [0.1, 0.15) is 0 Å². The van der Waals surface area contributed by atoms with Crippen molar-refractivity contribution in [1.29, 1.82) is 0 Å². The van der Waals surface area contributed by atoms with Gasteiger partial charge in [-0.15, -0.1) is 0 Å². The van der Waals surface area contributed by atoms with Crippen LogP contribution in [0.5, 0.6) is 0 Å². The Balaban J connectivity index is 1.51. The van der Waals surface area contributed by atoms with Gasteiger partial charge in [-0.25, -0.2) is 0 Å². The summed E-state index contributed by atoms with van der Waals surface area (Å²) in [5, 5.41) is 4.24. The van der Waals surface area contributed by atoms with E-state index >= 15 is 0 Å². The van der Waals surface area contributed by atoms with Gasteiger partial charge in [0.15, 0.2) is 0 Å². The number of hydrogen-bond acceptors (Lipinski definition) is 3. The van der Waals surface area contributed by atoms with Gasteiger partial charge in [-0.05, 0) is 36.6 Å². The van der Waals surface area contributed by atoms with Gasteiger partial charge in [0, 0.05) is 32.1 Å². The largest absolute Gasteiger partial charge is 0.381 e. The molecule has 1 aromatic heterocycles. The van der Waals surface area contributed by atoms with Gasteiger partial charge in [0.05, 0.1) is 13.2 Å². The third kappa shape index (κ3) is 4.16. The fourth-order valence-corrected chi connectivity index (χ4v) is 2.88. The maximum atomic E-state index is 5.44. The second kappa shape index (κ2) is 6.87. The number of aromatic nitrogens is 2. The first-order valence-electron chi connectivity index (χ1n) is 7.61. The van der Waals surface area contributed by atoms with Crippen LogP contribution >= 0.6 is 0 Å². The lowest BCUT2D eigenvalue weighted by Gasteiger charge is -2.20. The van der Waals surface area contributed by atoms with Crippen molar-refractivity contribution in [3.8, 4) is 0 Å². The van der Waals surface area contributed by atoms with Gasteiger partial charge in [-0.2, -0.15) is 5.10 Å². The fraction of sp³-hybridized carbons (Fsp3) is 0.471. The normalized spacial score (nSPS) is 18.5. The summed E-state index contributed by atoms with van der Waals surface area (Å²) >= 11 is 0. The second-order valence-electron chi connectivity index (χ2n) is 5.95. The summed E-state index contributed by atoms with van der Waals surface area (Å²) in [7, 11) is 2.19. The smallest absolute Gasteiger partial charge is 0.0659 e. The van der Waals surface area contributed by atoms with Crippen molar-refractivity contribution < 1.29 is 4.74 Å². The lowest BCUT2D eigenvalue weighted by molar-refractivity contribution is 0.173. The third-order valence-electron chi connectivity index (χ3n) is 3.97. The molecule has 1 aliphatic heterocycles. The minimum absolute atomic E-state index is 0.703. The standard InChI is InChI=1S/C17H23N3O/c1-19(12-17-7-10-21-14-17)11-15-3-5-16(6-4-15)13-20-9-2-8-18-20/h2-6,8-9,17H,7,10-14H2,1H3. The molecule has 0 spiro atoms. The van der Waals surface area contributed by atoms with Crippen LogP contribution in [0, 0.1) is 5.92 Å². The van der Waals surface area contributed by atoms with Crippen molar-refractivity contribution in [2.24, 2.45) is 5.92 Å².